The first kappa shape index (κ1) is 17.0. The van der Waals surface area contributed by atoms with E-state index in [2.05, 4.69) is 22.3 Å². The van der Waals surface area contributed by atoms with E-state index in [0.717, 1.165) is 32.6 Å². The number of carbonyl (C=O) groups excluding carboxylic acids is 1. The van der Waals surface area contributed by atoms with Crippen molar-refractivity contribution in [2.45, 2.75) is 32.1 Å². The third kappa shape index (κ3) is 6.40. The minimum atomic E-state index is 0. The summed E-state index contributed by atoms with van der Waals surface area (Å²) in [6.07, 6.45) is 5.47. The second-order valence-corrected chi connectivity index (χ2v) is 5.24. The molecule has 1 N–H and O–H groups in total. The van der Waals surface area contributed by atoms with Crippen molar-refractivity contribution in [1.29, 1.82) is 0 Å². The molecule has 1 aromatic rings. The Morgan fingerprint density at radius 1 is 1.10 bits per heavy atom. The molecule has 1 fully saturated rings. The zero-order valence-corrected chi connectivity index (χ0v) is 12.8. The maximum absolute atomic E-state index is 11.7. The smallest absolute Gasteiger partial charge is 0.221 e. The van der Waals surface area contributed by atoms with Gasteiger partial charge >= 0.3 is 0 Å². The van der Waals surface area contributed by atoms with Gasteiger partial charge in [-0.25, -0.2) is 0 Å². The van der Waals surface area contributed by atoms with Crippen LogP contribution in [0.2, 0.25) is 0 Å². The Bertz CT molecular complexity index is 377. The summed E-state index contributed by atoms with van der Waals surface area (Å²) < 4.78 is 0. The van der Waals surface area contributed by atoms with E-state index in [9.17, 15) is 4.79 Å². The Labute approximate surface area is 128 Å². The molecule has 4 heteroatoms. The molecular weight excluding hydrogens is 272 g/mol. The van der Waals surface area contributed by atoms with E-state index in [0.29, 0.717) is 6.42 Å². The number of rotatable bonds is 6. The predicted octanol–water partition coefficient (Wildman–Crippen LogP) is 2.64. The maximum atomic E-state index is 11.7. The highest BCUT2D eigenvalue weighted by atomic mass is 35.5. The van der Waals surface area contributed by atoms with Crippen LogP contribution in [0.5, 0.6) is 0 Å². The Kier molecular flexibility index (Phi) is 8.31. The molecule has 1 aliphatic heterocycles. The van der Waals surface area contributed by atoms with Crippen LogP contribution in [-0.4, -0.2) is 37.0 Å². The number of benzene rings is 1. The summed E-state index contributed by atoms with van der Waals surface area (Å²) in [6.45, 7) is 3.98. The van der Waals surface area contributed by atoms with Crippen LogP contribution in [0.25, 0.3) is 0 Å². The SMILES string of the molecule is Cl.O=C(CCN1CCCCC1)NCCc1ccccc1. The normalized spacial score (nSPS) is 15.4. The number of nitrogens with zero attached hydrogens (tertiary/aromatic N) is 1. The zero-order valence-electron chi connectivity index (χ0n) is 12.0. The molecule has 0 atom stereocenters. The van der Waals surface area contributed by atoms with E-state index < -0.39 is 0 Å². The van der Waals surface area contributed by atoms with Gasteiger partial charge in [-0.1, -0.05) is 36.8 Å². The number of halogens is 1. The van der Waals surface area contributed by atoms with E-state index in [1.165, 1.54) is 24.8 Å². The number of hydrogen-bond donors (Lipinski definition) is 1. The molecule has 2 rings (SSSR count). The van der Waals surface area contributed by atoms with E-state index in [-0.39, 0.29) is 18.3 Å². The Morgan fingerprint density at radius 2 is 1.80 bits per heavy atom. The van der Waals surface area contributed by atoms with Crippen molar-refractivity contribution < 1.29 is 4.79 Å². The van der Waals surface area contributed by atoms with Gasteiger partial charge in [0.1, 0.15) is 0 Å². The van der Waals surface area contributed by atoms with Gasteiger partial charge < -0.3 is 10.2 Å². The molecule has 0 aliphatic carbocycles. The summed E-state index contributed by atoms with van der Waals surface area (Å²) in [5, 5.41) is 3.01. The first-order chi connectivity index (χ1) is 9.34. The number of nitrogens with one attached hydrogen (secondary N) is 1. The predicted molar refractivity (Wildman–Crippen MR) is 85.3 cm³/mol. The molecule has 0 saturated carbocycles. The summed E-state index contributed by atoms with van der Waals surface area (Å²) in [5.74, 6) is 0.182. The van der Waals surface area contributed by atoms with Crippen LogP contribution in [0.4, 0.5) is 0 Å². The molecule has 0 radical (unpaired) electrons. The number of likely N-dealkylation sites (tertiary alicyclic amines) is 1. The molecule has 0 aromatic heterocycles. The third-order valence-electron chi connectivity index (χ3n) is 3.68. The molecule has 1 saturated heterocycles. The van der Waals surface area contributed by atoms with Crippen LogP contribution < -0.4 is 5.32 Å². The monoisotopic (exact) mass is 296 g/mol. The van der Waals surface area contributed by atoms with Crippen molar-refractivity contribution in [3.05, 3.63) is 35.9 Å². The molecular formula is C16H25ClN2O. The summed E-state index contributed by atoms with van der Waals surface area (Å²) in [7, 11) is 0. The molecule has 1 amide bonds. The average Bonchev–Trinajstić information content (AvgIpc) is 2.47. The van der Waals surface area contributed by atoms with E-state index >= 15 is 0 Å². The molecule has 112 valence electrons. The first-order valence-corrected chi connectivity index (χ1v) is 7.37. The Morgan fingerprint density at radius 3 is 2.50 bits per heavy atom. The lowest BCUT2D eigenvalue weighted by molar-refractivity contribution is -0.121. The van der Waals surface area contributed by atoms with Gasteiger partial charge in [-0.3, -0.25) is 4.79 Å². The first-order valence-electron chi connectivity index (χ1n) is 7.37. The largest absolute Gasteiger partial charge is 0.356 e. The summed E-state index contributed by atoms with van der Waals surface area (Å²) in [4.78, 5) is 14.1. The Balaban J connectivity index is 0.00000200. The quantitative estimate of drug-likeness (QED) is 0.875. The fraction of sp³-hybridized carbons (Fsp3) is 0.562. The fourth-order valence-corrected chi connectivity index (χ4v) is 2.52. The van der Waals surface area contributed by atoms with Crippen LogP contribution >= 0.6 is 12.4 Å². The molecule has 0 spiro atoms. The lowest BCUT2D eigenvalue weighted by atomic mass is 10.1. The highest BCUT2D eigenvalue weighted by Gasteiger charge is 2.11. The highest BCUT2D eigenvalue weighted by Crippen LogP contribution is 2.08. The number of piperidine rings is 1. The number of hydrogen-bond acceptors (Lipinski definition) is 2. The van der Waals surface area contributed by atoms with Crippen LogP contribution in [0.15, 0.2) is 30.3 Å². The van der Waals surface area contributed by atoms with Crippen molar-refractivity contribution in [2.24, 2.45) is 0 Å². The number of carbonyl (C=O) groups is 1. The lowest BCUT2D eigenvalue weighted by Gasteiger charge is -2.25. The van der Waals surface area contributed by atoms with Crippen molar-refractivity contribution >= 4 is 18.3 Å². The second-order valence-electron chi connectivity index (χ2n) is 5.24. The van der Waals surface area contributed by atoms with Gasteiger partial charge in [0.2, 0.25) is 5.91 Å². The van der Waals surface area contributed by atoms with Gasteiger partial charge in [-0.2, -0.15) is 0 Å². The van der Waals surface area contributed by atoms with E-state index in [4.69, 9.17) is 0 Å². The van der Waals surface area contributed by atoms with Crippen molar-refractivity contribution in [1.82, 2.24) is 10.2 Å². The fourth-order valence-electron chi connectivity index (χ4n) is 2.52. The topological polar surface area (TPSA) is 32.3 Å². The molecule has 1 aromatic carbocycles. The third-order valence-corrected chi connectivity index (χ3v) is 3.68. The van der Waals surface area contributed by atoms with Crippen molar-refractivity contribution in [3.63, 3.8) is 0 Å². The van der Waals surface area contributed by atoms with Crippen molar-refractivity contribution in [2.75, 3.05) is 26.2 Å². The van der Waals surface area contributed by atoms with Crippen LogP contribution in [-0.2, 0) is 11.2 Å². The molecule has 1 heterocycles. The minimum Gasteiger partial charge on any atom is -0.356 e. The second kappa shape index (κ2) is 9.78. The highest BCUT2D eigenvalue weighted by molar-refractivity contribution is 5.85. The van der Waals surface area contributed by atoms with Crippen LogP contribution in [0, 0.1) is 0 Å². The van der Waals surface area contributed by atoms with Crippen LogP contribution in [0.1, 0.15) is 31.2 Å². The number of amides is 1. The average molecular weight is 297 g/mol. The van der Waals surface area contributed by atoms with Gasteiger partial charge in [0.15, 0.2) is 0 Å². The molecule has 20 heavy (non-hydrogen) atoms. The molecule has 1 aliphatic rings. The van der Waals surface area contributed by atoms with E-state index in [1.807, 2.05) is 18.2 Å². The van der Waals surface area contributed by atoms with Gasteiger partial charge in [0, 0.05) is 19.5 Å². The van der Waals surface area contributed by atoms with Gasteiger partial charge in [0.25, 0.3) is 0 Å². The van der Waals surface area contributed by atoms with Crippen LogP contribution in [0.3, 0.4) is 0 Å². The maximum Gasteiger partial charge on any atom is 0.221 e. The van der Waals surface area contributed by atoms with E-state index in [1.54, 1.807) is 0 Å². The summed E-state index contributed by atoms with van der Waals surface area (Å²) in [6, 6.07) is 10.3. The van der Waals surface area contributed by atoms with Gasteiger partial charge in [0.05, 0.1) is 0 Å². The van der Waals surface area contributed by atoms with Crippen molar-refractivity contribution in [3.8, 4) is 0 Å². The zero-order chi connectivity index (χ0) is 13.3. The molecule has 0 unspecified atom stereocenters. The summed E-state index contributed by atoms with van der Waals surface area (Å²) in [5.41, 5.74) is 1.28. The standard InChI is InChI=1S/C16H24N2O.ClH/c19-16(10-14-18-12-5-2-6-13-18)17-11-9-15-7-3-1-4-8-15;/h1,3-4,7-8H,2,5-6,9-14H2,(H,17,19);1H. The molecule has 3 nitrogen and oxygen atoms in total. The lowest BCUT2D eigenvalue weighted by Crippen LogP contribution is -2.34. The minimum absolute atomic E-state index is 0. The van der Waals surface area contributed by atoms with Gasteiger partial charge in [-0.15, -0.1) is 12.4 Å². The Hall–Kier alpha value is -1.06. The summed E-state index contributed by atoms with van der Waals surface area (Å²) >= 11 is 0. The molecule has 0 bridgehead atoms. The van der Waals surface area contributed by atoms with Gasteiger partial charge in [-0.05, 0) is 37.9 Å².